The molecule has 1 aromatic carbocycles. The van der Waals surface area contributed by atoms with Crippen LogP contribution >= 0.6 is 11.3 Å². The molecule has 6 nitrogen and oxygen atoms in total. The molecule has 0 saturated carbocycles. The molecule has 0 spiro atoms. The molecule has 3 aromatic rings. The van der Waals surface area contributed by atoms with Gasteiger partial charge in [-0.05, 0) is 37.3 Å². The van der Waals surface area contributed by atoms with Crippen molar-refractivity contribution >= 4 is 28.5 Å². The Kier molecular flexibility index (Phi) is 4.50. The lowest BCUT2D eigenvalue weighted by atomic mass is 10.2. The number of hydrogen-bond donors (Lipinski definition) is 1. The van der Waals surface area contributed by atoms with Crippen molar-refractivity contribution in [3.05, 3.63) is 64.9 Å². The van der Waals surface area contributed by atoms with Crippen LogP contribution in [0.25, 0.3) is 11.8 Å². The number of nitrogens with one attached hydrogen (secondary N) is 1. The number of nitriles is 1. The molecular formula is C17H13N5OS. The number of amides is 1. The first kappa shape index (κ1) is 15.6. The lowest BCUT2D eigenvalue weighted by Gasteiger charge is -2.07. The molecule has 0 aliphatic carbocycles. The van der Waals surface area contributed by atoms with Crippen LogP contribution < -0.4 is 5.32 Å². The summed E-state index contributed by atoms with van der Waals surface area (Å²) >= 11 is 1.19. The van der Waals surface area contributed by atoms with E-state index >= 15 is 0 Å². The third-order valence-electron chi connectivity index (χ3n) is 3.33. The van der Waals surface area contributed by atoms with Crippen molar-refractivity contribution in [2.45, 2.75) is 6.92 Å². The standard InChI is InChI=1S/C17H13N5OS/c1-12-4-6-14(7-5-12)22-8-2-3-15(22)9-13(10-18)16(23)20-17-21-19-11-24-17/h2-9,11H,1H3,(H,20,21,23)/b13-9-. The number of hydrogen-bond acceptors (Lipinski definition) is 5. The Hall–Kier alpha value is -3.24. The summed E-state index contributed by atoms with van der Waals surface area (Å²) in [5.41, 5.74) is 4.37. The molecule has 3 rings (SSSR count). The van der Waals surface area contributed by atoms with E-state index in [1.807, 2.05) is 60.2 Å². The summed E-state index contributed by atoms with van der Waals surface area (Å²) in [6.45, 7) is 2.02. The minimum absolute atomic E-state index is 0.00254. The number of benzene rings is 1. The number of carbonyl (C=O) groups is 1. The summed E-state index contributed by atoms with van der Waals surface area (Å²) < 4.78 is 1.91. The van der Waals surface area contributed by atoms with Crippen LogP contribution in [-0.2, 0) is 4.79 Å². The lowest BCUT2D eigenvalue weighted by Crippen LogP contribution is -2.13. The van der Waals surface area contributed by atoms with Crippen molar-refractivity contribution < 1.29 is 4.79 Å². The van der Waals surface area contributed by atoms with Gasteiger partial charge in [0.2, 0.25) is 5.13 Å². The molecule has 0 fully saturated rings. The molecule has 24 heavy (non-hydrogen) atoms. The van der Waals surface area contributed by atoms with Crippen LogP contribution in [0.5, 0.6) is 0 Å². The fourth-order valence-corrected chi connectivity index (χ4v) is 2.58. The highest BCUT2D eigenvalue weighted by molar-refractivity contribution is 7.13. The minimum atomic E-state index is -0.508. The highest BCUT2D eigenvalue weighted by Gasteiger charge is 2.12. The normalized spacial score (nSPS) is 11.1. The minimum Gasteiger partial charge on any atom is -0.317 e. The van der Waals surface area contributed by atoms with Gasteiger partial charge in [0, 0.05) is 17.6 Å². The average Bonchev–Trinajstić information content (AvgIpc) is 3.25. The van der Waals surface area contributed by atoms with Crippen molar-refractivity contribution in [1.29, 1.82) is 5.26 Å². The largest absolute Gasteiger partial charge is 0.317 e. The van der Waals surface area contributed by atoms with E-state index in [0.29, 0.717) is 5.13 Å². The summed E-state index contributed by atoms with van der Waals surface area (Å²) in [5, 5.41) is 19.6. The van der Waals surface area contributed by atoms with Crippen LogP contribution in [0.1, 0.15) is 11.3 Å². The third-order valence-corrected chi connectivity index (χ3v) is 3.94. The van der Waals surface area contributed by atoms with E-state index in [1.54, 1.807) is 6.08 Å². The highest BCUT2D eigenvalue weighted by atomic mass is 32.1. The number of carbonyl (C=O) groups excluding carboxylic acids is 1. The molecule has 0 unspecified atom stereocenters. The van der Waals surface area contributed by atoms with Gasteiger partial charge in [0.15, 0.2) is 0 Å². The quantitative estimate of drug-likeness (QED) is 0.586. The first-order chi connectivity index (χ1) is 11.7. The second kappa shape index (κ2) is 6.89. The zero-order valence-electron chi connectivity index (χ0n) is 12.8. The Morgan fingerprint density at radius 3 is 2.79 bits per heavy atom. The average molecular weight is 335 g/mol. The smallest absolute Gasteiger partial charge is 0.268 e. The molecule has 1 N–H and O–H groups in total. The summed E-state index contributed by atoms with van der Waals surface area (Å²) in [6.07, 6.45) is 3.43. The van der Waals surface area contributed by atoms with Gasteiger partial charge in [-0.15, -0.1) is 10.2 Å². The predicted molar refractivity (Wildman–Crippen MR) is 92.6 cm³/mol. The summed E-state index contributed by atoms with van der Waals surface area (Å²) in [7, 11) is 0. The zero-order chi connectivity index (χ0) is 16.9. The fourth-order valence-electron chi connectivity index (χ4n) is 2.14. The Labute approximate surface area is 142 Å². The van der Waals surface area contributed by atoms with Crippen LogP contribution in [0.2, 0.25) is 0 Å². The molecule has 2 heterocycles. The van der Waals surface area contributed by atoms with Gasteiger partial charge in [-0.25, -0.2) is 0 Å². The van der Waals surface area contributed by atoms with Gasteiger partial charge in [-0.2, -0.15) is 5.26 Å². The highest BCUT2D eigenvalue weighted by Crippen LogP contribution is 2.17. The van der Waals surface area contributed by atoms with Gasteiger partial charge in [-0.3, -0.25) is 10.1 Å². The predicted octanol–water partition coefficient (Wildman–Crippen LogP) is 3.18. The fraction of sp³-hybridized carbons (Fsp3) is 0.0588. The molecule has 0 bridgehead atoms. The van der Waals surface area contributed by atoms with E-state index in [1.165, 1.54) is 16.8 Å². The number of nitrogens with zero attached hydrogens (tertiary/aromatic N) is 4. The van der Waals surface area contributed by atoms with Gasteiger partial charge in [-0.1, -0.05) is 29.0 Å². The summed E-state index contributed by atoms with van der Waals surface area (Å²) in [5.74, 6) is -0.508. The van der Waals surface area contributed by atoms with E-state index in [2.05, 4.69) is 15.5 Å². The molecule has 7 heteroatoms. The first-order valence-electron chi connectivity index (χ1n) is 7.11. The van der Waals surface area contributed by atoms with Crippen LogP contribution in [0.4, 0.5) is 5.13 Å². The SMILES string of the molecule is Cc1ccc(-n2cccc2/C=C(/C#N)C(=O)Nc2nncs2)cc1. The molecule has 2 aromatic heterocycles. The monoisotopic (exact) mass is 335 g/mol. The van der Waals surface area contributed by atoms with Crippen LogP contribution in [-0.4, -0.2) is 20.7 Å². The summed E-state index contributed by atoms with van der Waals surface area (Å²) in [6, 6.07) is 13.6. The van der Waals surface area contributed by atoms with Crippen molar-refractivity contribution in [2.24, 2.45) is 0 Å². The van der Waals surface area contributed by atoms with Crippen molar-refractivity contribution in [1.82, 2.24) is 14.8 Å². The maximum atomic E-state index is 12.2. The van der Waals surface area contributed by atoms with Crippen LogP contribution in [0, 0.1) is 18.3 Å². The second-order valence-corrected chi connectivity index (χ2v) is 5.84. The van der Waals surface area contributed by atoms with E-state index in [-0.39, 0.29) is 5.57 Å². The third kappa shape index (κ3) is 3.39. The van der Waals surface area contributed by atoms with E-state index in [4.69, 9.17) is 0 Å². The molecule has 1 amide bonds. The molecular weight excluding hydrogens is 322 g/mol. The van der Waals surface area contributed by atoms with E-state index < -0.39 is 5.91 Å². The Balaban J connectivity index is 1.89. The van der Waals surface area contributed by atoms with Crippen molar-refractivity contribution in [3.63, 3.8) is 0 Å². The zero-order valence-corrected chi connectivity index (χ0v) is 13.6. The van der Waals surface area contributed by atoms with Gasteiger partial charge in [0.25, 0.3) is 5.91 Å². The lowest BCUT2D eigenvalue weighted by molar-refractivity contribution is -0.112. The molecule has 0 saturated heterocycles. The van der Waals surface area contributed by atoms with Crippen molar-refractivity contribution in [2.75, 3.05) is 5.32 Å². The van der Waals surface area contributed by atoms with Crippen LogP contribution in [0.15, 0.2) is 53.7 Å². The molecule has 118 valence electrons. The molecule has 0 radical (unpaired) electrons. The van der Waals surface area contributed by atoms with Crippen molar-refractivity contribution in [3.8, 4) is 11.8 Å². The number of rotatable bonds is 4. The van der Waals surface area contributed by atoms with Gasteiger partial charge < -0.3 is 4.57 Å². The molecule has 0 aliphatic heterocycles. The maximum Gasteiger partial charge on any atom is 0.268 e. The number of aryl methyl sites for hydroxylation is 1. The number of anilines is 1. The molecule has 0 aliphatic rings. The molecule has 0 atom stereocenters. The van der Waals surface area contributed by atoms with Gasteiger partial charge >= 0.3 is 0 Å². The topological polar surface area (TPSA) is 83.6 Å². The van der Waals surface area contributed by atoms with E-state index in [0.717, 1.165) is 16.9 Å². The van der Waals surface area contributed by atoms with Gasteiger partial charge in [0.05, 0.1) is 0 Å². The Morgan fingerprint density at radius 2 is 2.12 bits per heavy atom. The Morgan fingerprint density at radius 1 is 1.33 bits per heavy atom. The Bertz CT molecular complexity index is 917. The van der Waals surface area contributed by atoms with Crippen LogP contribution in [0.3, 0.4) is 0 Å². The number of aromatic nitrogens is 3. The maximum absolute atomic E-state index is 12.2. The summed E-state index contributed by atoms with van der Waals surface area (Å²) in [4.78, 5) is 12.2. The first-order valence-corrected chi connectivity index (χ1v) is 7.99. The second-order valence-electron chi connectivity index (χ2n) is 5.01. The van der Waals surface area contributed by atoms with E-state index in [9.17, 15) is 10.1 Å². The van der Waals surface area contributed by atoms with Gasteiger partial charge in [0.1, 0.15) is 17.2 Å².